The van der Waals surface area contributed by atoms with Crippen molar-refractivity contribution in [2.24, 2.45) is 0 Å². The van der Waals surface area contributed by atoms with Crippen molar-refractivity contribution < 1.29 is 35.2 Å². The van der Waals surface area contributed by atoms with Crippen LogP contribution in [0.2, 0.25) is 0 Å². The quantitative estimate of drug-likeness (QED) is 0.375. The Kier molecular flexibility index (Phi) is 6.10. The van der Waals surface area contributed by atoms with Crippen molar-refractivity contribution in [1.29, 1.82) is 0 Å². The highest BCUT2D eigenvalue weighted by atomic mass is 32.2. The summed E-state index contributed by atoms with van der Waals surface area (Å²) in [5, 5.41) is 0. The number of methoxy groups -OCH3 is 1. The Morgan fingerprint density at radius 3 is 2.07 bits per heavy atom. The van der Waals surface area contributed by atoms with Crippen LogP contribution in [0.5, 0.6) is 0 Å². The highest BCUT2D eigenvalue weighted by molar-refractivity contribution is 7.87. The zero-order valence-corrected chi connectivity index (χ0v) is 8.73. The molecule has 0 saturated carbocycles. The first-order chi connectivity index (χ1) is 6.81. The molecule has 0 aromatic carbocycles. The lowest BCUT2D eigenvalue weighted by molar-refractivity contribution is -0.0558. The largest absolute Gasteiger partial charge is 0.523 e. The van der Waals surface area contributed by atoms with Crippen LogP contribution < -0.4 is 0 Å². The summed E-state index contributed by atoms with van der Waals surface area (Å²) in [5.74, 6) is 0. The van der Waals surface area contributed by atoms with Gasteiger partial charge in [0.05, 0.1) is 26.4 Å². The fourth-order valence-electron chi connectivity index (χ4n) is 0.514. The van der Waals surface area contributed by atoms with Crippen LogP contribution in [0.15, 0.2) is 0 Å². The van der Waals surface area contributed by atoms with E-state index in [1.807, 2.05) is 0 Å². The van der Waals surface area contributed by atoms with Gasteiger partial charge in [-0.15, -0.1) is 0 Å². The SMILES string of the molecule is COCCOCCOS(=O)(=O)C(F)(F)F. The van der Waals surface area contributed by atoms with Crippen LogP contribution in [0.4, 0.5) is 13.2 Å². The topological polar surface area (TPSA) is 61.8 Å². The van der Waals surface area contributed by atoms with Crippen molar-refractivity contribution in [3.05, 3.63) is 0 Å². The molecule has 5 nitrogen and oxygen atoms in total. The molecule has 0 amide bonds. The average molecular weight is 252 g/mol. The fraction of sp³-hybridized carbons (Fsp3) is 1.00. The molecule has 0 aliphatic heterocycles. The van der Waals surface area contributed by atoms with Crippen molar-refractivity contribution in [2.45, 2.75) is 5.51 Å². The Morgan fingerprint density at radius 1 is 1.07 bits per heavy atom. The second-order valence-electron chi connectivity index (χ2n) is 2.33. The number of halogens is 3. The third kappa shape index (κ3) is 5.92. The molecule has 15 heavy (non-hydrogen) atoms. The van der Waals surface area contributed by atoms with Crippen molar-refractivity contribution in [3.8, 4) is 0 Å². The summed E-state index contributed by atoms with van der Waals surface area (Å²) in [4.78, 5) is 0. The summed E-state index contributed by atoms with van der Waals surface area (Å²) < 4.78 is 68.6. The van der Waals surface area contributed by atoms with Gasteiger partial charge in [-0.2, -0.15) is 21.6 Å². The second-order valence-corrected chi connectivity index (χ2v) is 3.93. The maximum Gasteiger partial charge on any atom is 0.523 e. The summed E-state index contributed by atoms with van der Waals surface area (Å²) >= 11 is 0. The zero-order chi connectivity index (χ0) is 11.9. The summed E-state index contributed by atoms with van der Waals surface area (Å²) in [6.07, 6.45) is 0. The number of rotatable bonds is 7. The summed E-state index contributed by atoms with van der Waals surface area (Å²) in [5.41, 5.74) is -5.39. The fourth-order valence-corrected chi connectivity index (χ4v) is 0.935. The molecule has 0 aliphatic rings. The molecule has 0 spiro atoms. The Morgan fingerprint density at radius 2 is 1.60 bits per heavy atom. The normalized spacial score (nSPS) is 13.1. The molecular formula is C6H11F3O5S. The number of alkyl halides is 3. The lowest BCUT2D eigenvalue weighted by Crippen LogP contribution is -2.27. The van der Waals surface area contributed by atoms with E-state index in [0.717, 1.165) is 0 Å². The predicted molar refractivity (Wildman–Crippen MR) is 43.6 cm³/mol. The van der Waals surface area contributed by atoms with Gasteiger partial charge in [0.2, 0.25) is 0 Å². The summed E-state index contributed by atoms with van der Waals surface area (Å²) in [6.45, 7) is -0.498. The van der Waals surface area contributed by atoms with Crippen LogP contribution in [-0.2, 0) is 23.8 Å². The molecule has 0 fully saturated rings. The first-order valence-electron chi connectivity index (χ1n) is 3.83. The van der Waals surface area contributed by atoms with E-state index >= 15 is 0 Å². The minimum atomic E-state index is -5.50. The summed E-state index contributed by atoms with van der Waals surface area (Å²) in [7, 11) is -4.08. The van der Waals surface area contributed by atoms with Crippen LogP contribution in [-0.4, -0.2) is 47.5 Å². The maximum atomic E-state index is 11.7. The lowest BCUT2D eigenvalue weighted by atomic mass is 10.7. The van der Waals surface area contributed by atoms with Crippen LogP contribution in [0, 0.1) is 0 Å². The molecule has 9 heteroatoms. The third-order valence-corrected chi connectivity index (χ3v) is 2.23. The van der Waals surface area contributed by atoms with E-state index < -0.39 is 22.2 Å². The maximum absolute atomic E-state index is 11.7. The van der Waals surface area contributed by atoms with Gasteiger partial charge in [0.15, 0.2) is 0 Å². The number of ether oxygens (including phenoxy) is 2. The van der Waals surface area contributed by atoms with E-state index in [9.17, 15) is 21.6 Å². The number of hydrogen-bond acceptors (Lipinski definition) is 5. The van der Waals surface area contributed by atoms with Gasteiger partial charge in [-0.1, -0.05) is 0 Å². The molecule has 0 atom stereocenters. The highest BCUT2D eigenvalue weighted by Crippen LogP contribution is 2.24. The Balaban J connectivity index is 3.69. The average Bonchev–Trinajstić information content (AvgIpc) is 2.09. The van der Waals surface area contributed by atoms with E-state index in [1.54, 1.807) is 0 Å². The Bertz CT molecular complexity index is 260. The van der Waals surface area contributed by atoms with Crippen LogP contribution in [0.25, 0.3) is 0 Å². The highest BCUT2D eigenvalue weighted by Gasteiger charge is 2.47. The molecule has 0 saturated heterocycles. The molecule has 0 radical (unpaired) electrons. The molecule has 0 bridgehead atoms. The van der Waals surface area contributed by atoms with Gasteiger partial charge in [0, 0.05) is 7.11 Å². The van der Waals surface area contributed by atoms with Crippen molar-refractivity contribution in [2.75, 3.05) is 33.5 Å². The van der Waals surface area contributed by atoms with E-state index in [0.29, 0.717) is 0 Å². The minimum absolute atomic E-state index is 0.159. The smallest absolute Gasteiger partial charge is 0.382 e. The van der Waals surface area contributed by atoms with Gasteiger partial charge in [-0.3, -0.25) is 4.18 Å². The first-order valence-corrected chi connectivity index (χ1v) is 5.24. The van der Waals surface area contributed by atoms with Crippen LogP contribution in [0.1, 0.15) is 0 Å². The van der Waals surface area contributed by atoms with Gasteiger partial charge < -0.3 is 9.47 Å². The molecular weight excluding hydrogens is 241 g/mol. The van der Waals surface area contributed by atoms with Gasteiger partial charge in [-0.05, 0) is 0 Å². The Hall–Kier alpha value is -0.380. The van der Waals surface area contributed by atoms with Crippen LogP contribution in [0.3, 0.4) is 0 Å². The van der Waals surface area contributed by atoms with Crippen molar-refractivity contribution in [3.63, 3.8) is 0 Å². The second kappa shape index (κ2) is 6.26. The molecule has 0 rings (SSSR count). The zero-order valence-electron chi connectivity index (χ0n) is 7.91. The lowest BCUT2D eigenvalue weighted by Gasteiger charge is -2.08. The first kappa shape index (κ1) is 14.6. The van der Waals surface area contributed by atoms with Crippen molar-refractivity contribution >= 4 is 10.1 Å². The monoisotopic (exact) mass is 252 g/mol. The Labute approximate surface area is 85.2 Å². The molecule has 92 valence electrons. The van der Waals surface area contributed by atoms with Gasteiger partial charge in [0.25, 0.3) is 0 Å². The van der Waals surface area contributed by atoms with E-state index in [2.05, 4.69) is 8.92 Å². The number of hydrogen-bond donors (Lipinski definition) is 0. The molecule has 0 unspecified atom stereocenters. The van der Waals surface area contributed by atoms with Gasteiger partial charge in [0.1, 0.15) is 0 Å². The van der Waals surface area contributed by atoms with Crippen molar-refractivity contribution in [1.82, 2.24) is 0 Å². The minimum Gasteiger partial charge on any atom is -0.382 e. The third-order valence-electron chi connectivity index (χ3n) is 1.18. The molecule has 0 heterocycles. The molecule has 0 aliphatic carbocycles. The van der Waals surface area contributed by atoms with E-state index in [1.165, 1.54) is 7.11 Å². The van der Waals surface area contributed by atoms with Crippen LogP contribution >= 0.6 is 0 Å². The van der Waals surface area contributed by atoms with E-state index in [-0.39, 0.29) is 19.8 Å². The molecule has 0 aromatic rings. The standard InChI is InChI=1S/C6H11F3O5S/c1-12-2-3-13-4-5-14-15(10,11)6(7,8)9/h2-5H2,1H3. The predicted octanol–water partition coefficient (Wildman–Crippen LogP) is 0.516. The molecule has 0 N–H and O–H groups in total. The van der Waals surface area contributed by atoms with E-state index in [4.69, 9.17) is 4.74 Å². The summed E-state index contributed by atoms with van der Waals surface area (Å²) in [6, 6.07) is 0. The van der Waals surface area contributed by atoms with Gasteiger partial charge in [-0.25, -0.2) is 0 Å². The molecule has 0 aromatic heterocycles. The van der Waals surface area contributed by atoms with Gasteiger partial charge >= 0.3 is 15.6 Å².